The lowest BCUT2D eigenvalue weighted by molar-refractivity contribution is 0.0882. The molecule has 6 nitrogen and oxygen atoms in total. The second-order valence-corrected chi connectivity index (χ2v) is 4.09. The molecule has 0 fully saturated rings. The summed E-state index contributed by atoms with van der Waals surface area (Å²) in [5.74, 6) is -0.341. The number of hydrogen-bond acceptors (Lipinski definition) is 6. The minimum Gasteiger partial charge on any atom is -0.394 e. The number of aliphatic hydroxyl groups excluding tert-OH is 2. The molecule has 7 heteroatoms. The Morgan fingerprint density at radius 2 is 2.19 bits per heavy atom. The number of hydrogen-bond donors (Lipinski definition) is 3. The van der Waals surface area contributed by atoms with Crippen LogP contribution >= 0.6 is 11.5 Å². The van der Waals surface area contributed by atoms with Crippen molar-refractivity contribution in [3.05, 3.63) is 10.6 Å². The molecule has 0 atom stereocenters. The van der Waals surface area contributed by atoms with Crippen molar-refractivity contribution in [2.75, 3.05) is 13.2 Å². The van der Waals surface area contributed by atoms with Crippen molar-refractivity contribution < 1.29 is 15.0 Å². The summed E-state index contributed by atoms with van der Waals surface area (Å²) >= 11 is 1.02. The zero-order chi connectivity index (χ0) is 12.0. The summed E-state index contributed by atoms with van der Waals surface area (Å²) in [6, 6.07) is -0.635. The summed E-state index contributed by atoms with van der Waals surface area (Å²) in [4.78, 5) is 12.2. The number of rotatable bonds is 6. The first kappa shape index (κ1) is 13.0. The Hall–Kier alpha value is -1.05. The van der Waals surface area contributed by atoms with Gasteiger partial charge in [0.1, 0.15) is 4.88 Å². The molecule has 0 aliphatic carbocycles. The molecule has 0 aliphatic heterocycles. The lowest BCUT2D eigenvalue weighted by Gasteiger charge is -2.12. The molecule has 1 heterocycles. The van der Waals surface area contributed by atoms with Crippen molar-refractivity contribution in [3.8, 4) is 0 Å². The van der Waals surface area contributed by atoms with Crippen molar-refractivity contribution in [3.63, 3.8) is 0 Å². The first-order valence-corrected chi connectivity index (χ1v) is 5.84. The van der Waals surface area contributed by atoms with Crippen molar-refractivity contribution in [2.45, 2.75) is 25.8 Å². The highest BCUT2D eigenvalue weighted by Crippen LogP contribution is 2.12. The Kier molecular flexibility index (Phi) is 5.30. The van der Waals surface area contributed by atoms with Crippen molar-refractivity contribution in [1.82, 2.24) is 14.9 Å². The van der Waals surface area contributed by atoms with Gasteiger partial charge in [0, 0.05) is 0 Å². The maximum absolute atomic E-state index is 11.7. The molecule has 16 heavy (non-hydrogen) atoms. The molecular weight excluding hydrogens is 230 g/mol. The molecule has 0 bridgehead atoms. The van der Waals surface area contributed by atoms with E-state index in [9.17, 15) is 4.79 Å². The Labute approximate surface area is 97.5 Å². The molecule has 0 aromatic carbocycles. The number of carbonyl (C=O) groups is 1. The summed E-state index contributed by atoms with van der Waals surface area (Å²) in [5, 5.41) is 24.1. The Balaban J connectivity index is 2.68. The van der Waals surface area contributed by atoms with Gasteiger partial charge in [-0.2, -0.15) is 0 Å². The standard InChI is InChI=1S/C9H15N3O3S/c1-2-3-7-8(16-12-11-7)9(15)10-6(4-13)5-14/h6,13-14H,2-5H2,1H3,(H,10,15). The molecule has 0 spiro atoms. The summed E-state index contributed by atoms with van der Waals surface area (Å²) in [7, 11) is 0. The molecule has 90 valence electrons. The van der Waals surface area contributed by atoms with Gasteiger partial charge < -0.3 is 15.5 Å². The van der Waals surface area contributed by atoms with Crippen LogP contribution in [0.2, 0.25) is 0 Å². The minimum absolute atomic E-state index is 0.294. The largest absolute Gasteiger partial charge is 0.394 e. The SMILES string of the molecule is CCCc1nnsc1C(=O)NC(CO)CO. The second kappa shape index (κ2) is 6.51. The average molecular weight is 245 g/mol. The quantitative estimate of drug-likeness (QED) is 0.632. The maximum atomic E-state index is 11.7. The zero-order valence-electron chi connectivity index (χ0n) is 9.01. The molecule has 0 unspecified atom stereocenters. The van der Waals surface area contributed by atoms with Crippen LogP contribution in [0.1, 0.15) is 28.7 Å². The summed E-state index contributed by atoms with van der Waals surface area (Å²) in [6.45, 7) is 1.40. The van der Waals surface area contributed by atoms with Gasteiger partial charge >= 0.3 is 0 Å². The smallest absolute Gasteiger partial charge is 0.265 e. The fourth-order valence-corrected chi connectivity index (χ4v) is 1.79. The Bertz CT molecular complexity index is 338. The van der Waals surface area contributed by atoms with Crippen LogP contribution in [0.25, 0.3) is 0 Å². The van der Waals surface area contributed by atoms with E-state index >= 15 is 0 Å². The Morgan fingerprint density at radius 3 is 2.75 bits per heavy atom. The van der Waals surface area contributed by atoms with Gasteiger partial charge in [0.25, 0.3) is 5.91 Å². The van der Waals surface area contributed by atoms with Crippen molar-refractivity contribution in [1.29, 1.82) is 0 Å². The third-order valence-corrected chi connectivity index (χ3v) is 2.79. The minimum atomic E-state index is -0.635. The van der Waals surface area contributed by atoms with E-state index < -0.39 is 6.04 Å². The van der Waals surface area contributed by atoms with Gasteiger partial charge in [-0.1, -0.05) is 17.8 Å². The molecule has 0 radical (unpaired) electrons. The summed E-state index contributed by atoms with van der Waals surface area (Å²) < 4.78 is 3.73. The van der Waals surface area contributed by atoms with E-state index in [2.05, 4.69) is 14.9 Å². The lowest BCUT2D eigenvalue weighted by atomic mass is 10.2. The molecule has 1 aromatic heterocycles. The first-order valence-electron chi connectivity index (χ1n) is 5.06. The van der Waals surface area contributed by atoms with Crippen LogP contribution in [0, 0.1) is 0 Å². The van der Waals surface area contributed by atoms with Crippen LogP contribution in [0.4, 0.5) is 0 Å². The Morgan fingerprint density at radius 1 is 1.50 bits per heavy atom. The van der Waals surface area contributed by atoms with E-state index in [0.29, 0.717) is 17.0 Å². The van der Waals surface area contributed by atoms with E-state index in [4.69, 9.17) is 10.2 Å². The van der Waals surface area contributed by atoms with Crippen molar-refractivity contribution in [2.24, 2.45) is 0 Å². The number of nitrogens with one attached hydrogen (secondary N) is 1. The molecular formula is C9H15N3O3S. The van der Waals surface area contributed by atoms with E-state index in [-0.39, 0.29) is 19.1 Å². The number of aryl methyl sites for hydroxylation is 1. The highest BCUT2D eigenvalue weighted by molar-refractivity contribution is 7.08. The van der Waals surface area contributed by atoms with Crippen LogP contribution in [0.5, 0.6) is 0 Å². The molecule has 3 N–H and O–H groups in total. The molecule has 0 aliphatic rings. The monoisotopic (exact) mass is 245 g/mol. The van der Waals surface area contributed by atoms with Crippen LogP contribution in [-0.2, 0) is 6.42 Å². The van der Waals surface area contributed by atoms with Crippen LogP contribution in [-0.4, -0.2) is 45.0 Å². The first-order chi connectivity index (χ1) is 7.72. The van der Waals surface area contributed by atoms with Gasteiger partial charge in [0.15, 0.2) is 0 Å². The number of aliphatic hydroxyl groups is 2. The van der Waals surface area contributed by atoms with E-state index in [1.165, 1.54) is 0 Å². The molecule has 1 aromatic rings. The fraction of sp³-hybridized carbons (Fsp3) is 0.667. The van der Waals surface area contributed by atoms with Crippen LogP contribution < -0.4 is 5.32 Å². The third kappa shape index (κ3) is 3.22. The van der Waals surface area contributed by atoms with Gasteiger partial charge in [-0.3, -0.25) is 4.79 Å². The van der Waals surface area contributed by atoms with E-state index in [1.54, 1.807) is 0 Å². The van der Waals surface area contributed by atoms with Crippen LogP contribution in [0.3, 0.4) is 0 Å². The number of nitrogens with zero attached hydrogens (tertiary/aromatic N) is 2. The zero-order valence-corrected chi connectivity index (χ0v) is 9.83. The maximum Gasteiger partial charge on any atom is 0.265 e. The highest BCUT2D eigenvalue weighted by atomic mass is 32.1. The van der Waals surface area contributed by atoms with Gasteiger partial charge in [0.05, 0.1) is 24.9 Å². The summed E-state index contributed by atoms with van der Waals surface area (Å²) in [5.41, 5.74) is 0.666. The highest BCUT2D eigenvalue weighted by Gasteiger charge is 2.18. The van der Waals surface area contributed by atoms with E-state index in [0.717, 1.165) is 18.0 Å². The fourth-order valence-electron chi connectivity index (χ4n) is 1.18. The molecule has 1 amide bonds. The van der Waals surface area contributed by atoms with Crippen molar-refractivity contribution >= 4 is 17.4 Å². The molecule has 0 saturated carbocycles. The normalized spacial score (nSPS) is 10.8. The predicted molar refractivity (Wildman–Crippen MR) is 59.3 cm³/mol. The lowest BCUT2D eigenvalue weighted by Crippen LogP contribution is -2.40. The number of aromatic nitrogens is 2. The molecule has 0 saturated heterocycles. The van der Waals surface area contributed by atoms with Crippen LogP contribution in [0.15, 0.2) is 0 Å². The number of carbonyl (C=O) groups excluding carboxylic acids is 1. The van der Waals surface area contributed by atoms with Gasteiger partial charge in [-0.05, 0) is 18.0 Å². The van der Waals surface area contributed by atoms with Gasteiger partial charge in [-0.25, -0.2) is 0 Å². The summed E-state index contributed by atoms with van der Waals surface area (Å²) in [6.07, 6.45) is 1.58. The molecule has 1 rings (SSSR count). The van der Waals surface area contributed by atoms with Gasteiger partial charge in [0.2, 0.25) is 0 Å². The number of amides is 1. The second-order valence-electron chi connectivity index (χ2n) is 3.33. The predicted octanol–water partition coefficient (Wildman–Crippen LogP) is -0.426. The third-order valence-electron chi connectivity index (χ3n) is 2.02. The topological polar surface area (TPSA) is 95.3 Å². The average Bonchev–Trinajstić information content (AvgIpc) is 2.74. The van der Waals surface area contributed by atoms with Gasteiger partial charge in [-0.15, -0.1) is 5.10 Å². The van der Waals surface area contributed by atoms with E-state index in [1.807, 2.05) is 6.92 Å².